The monoisotopic (exact) mass is 402 g/mol. The van der Waals surface area contributed by atoms with Crippen molar-refractivity contribution in [2.45, 2.75) is 51.3 Å². The van der Waals surface area contributed by atoms with Crippen LogP contribution in [-0.4, -0.2) is 42.8 Å². The Morgan fingerprint density at radius 2 is 2.03 bits per heavy atom. The van der Waals surface area contributed by atoms with Crippen LogP contribution in [0, 0.1) is 6.92 Å². The molecule has 3 heterocycles. The smallest absolute Gasteiger partial charge is 0.254 e. The van der Waals surface area contributed by atoms with Crippen LogP contribution in [0.15, 0.2) is 42.7 Å². The second kappa shape index (κ2) is 7.36. The Kier molecular flexibility index (Phi) is 4.66. The second-order valence-electron chi connectivity index (χ2n) is 8.54. The summed E-state index contributed by atoms with van der Waals surface area (Å²) in [7, 11) is 1.89. The van der Waals surface area contributed by atoms with Crippen LogP contribution in [0.5, 0.6) is 0 Å². The van der Waals surface area contributed by atoms with Gasteiger partial charge in [0.2, 0.25) is 0 Å². The number of hydrogen-bond donors (Lipinski definition) is 1. The van der Waals surface area contributed by atoms with Crippen LogP contribution >= 0.6 is 0 Å². The molecule has 1 aromatic carbocycles. The lowest BCUT2D eigenvalue weighted by molar-refractivity contribution is 0.0479. The Hall–Kier alpha value is -2.99. The molecule has 1 fully saturated rings. The quantitative estimate of drug-likeness (QED) is 0.727. The van der Waals surface area contributed by atoms with Crippen molar-refractivity contribution in [3.8, 4) is 11.4 Å². The number of amides is 1. The highest BCUT2D eigenvalue weighted by Gasteiger charge is 2.38. The summed E-state index contributed by atoms with van der Waals surface area (Å²) in [6.07, 6.45) is 6.79. The summed E-state index contributed by atoms with van der Waals surface area (Å²) in [4.78, 5) is 19.5. The molecule has 1 N–H and O–H groups in total. The predicted molar refractivity (Wildman–Crippen MR) is 114 cm³/mol. The number of aromatic nitrogens is 3. The van der Waals surface area contributed by atoms with Crippen molar-refractivity contribution in [3.63, 3.8) is 0 Å². The van der Waals surface area contributed by atoms with Gasteiger partial charge in [0.1, 0.15) is 5.69 Å². The first-order valence-electron chi connectivity index (χ1n) is 10.6. The van der Waals surface area contributed by atoms with Crippen LogP contribution in [0.2, 0.25) is 0 Å². The number of rotatable bonds is 4. The van der Waals surface area contributed by atoms with E-state index in [0.717, 1.165) is 59.3 Å². The third-order valence-electron chi connectivity index (χ3n) is 6.43. The Balaban J connectivity index is 1.37. The highest BCUT2D eigenvalue weighted by molar-refractivity contribution is 5.99. The van der Waals surface area contributed by atoms with Gasteiger partial charge in [-0.1, -0.05) is 12.1 Å². The largest absolute Gasteiger partial charge is 0.391 e. The minimum absolute atomic E-state index is 0.0444. The minimum atomic E-state index is -0.396. The van der Waals surface area contributed by atoms with Crippen LogP contribution in [0.25, 0.3) is 11.4 Å². The van der Waals surface area contributed by atoms with Gasteiger partial charge in [-0.3, -0.25) is 14.5 Å². The van der Waals surface area contributed by atoms with Gasteiger partial charge in [-0.05, 0) is 73.1 Å². The molecule has 6 heteroatoms. The summed E-state index contributed by atoms with van der Waals surface area (Å²) >= 11 is 0. The molecular formula is C24H26N4O2. The third kappa shape index (κ3) is 3.31. The van der Waals surface area contributed by atoms with Crippen LogP contribution in [0.4, 0.5) is 0 Å². The SMILES string of the molecule is Cc1cc2c(cc1Cc1ccc(-c3ccn(C)n3)nc1)C(=O)N([C@@H]1CCC[C@H]1O)C2. The van der Waals surface area contributed by atoms with Crippen LogP contribution < -0.4 is 0 Å². The summed E-state index contributed by atoms with van der Waals surface area (Å²) in [6, 6.07) is 10.2. The van der Waals surface area contributed by atoms with Crippen molar-refractivity contribution >= 4 is 5.91 Å². The molecular weight excluding hydrogens is 376 g/mol. The van der Waals surface area contributed by atoms with Crippen molar-refractivity contribution in [1.82, 2.24) is 19.7 Å². The molecule has 1 aliphatic carbocycles. The van der Waals surface area contributed by atoms with Gasteiger partial charge < -0.3 is 10.0 Å². The van der Waals surface area contributed by atoms with Crippen molar-refractivity contribution in [1.29, 1.82) is 0 Å². The van der Waals surface area contributed by atoms with Gasteiger partial charge in [-0.25, -0.2) is 0 Å². The molecule has 0 bridgehead atoms. The number of pyridine rings is 1. The highest BCUT2D eigenvalue weighted by Crippen LogP contribution is 2.33. The predicted octanol–water partition coefficient (Wildman–Crippen LogP) is 3.25. The number of aliphatic hydroxyl groups excluding tert-OH is 1. The maximum absolute atomic E-state index is 13.0. The Bertz CT molecular complexity index is 1100. The fourth-order valence-corrected chi connectivity index (χ4v) is 4.75. The van der Waals surface area contributed by atoms with Crippen LogP contribution in [-0.2, 0) is 20.0 Å². The maximum atomic E-state index is 13.0. The number of fused-ring (bicyclic) bond motifs is 1. The zero-order valence-electron chi connectivity index (χ0n) is 17.4. The normalized spacial score (nSPS) is 20.8. The van der Waals surface area contributed by atoms with E-state index in [4.69, 9.17) is 0 Å². The van der Waals surface area contributed by atoms with Crippen molar-refractivity contribution in [2.75, 3.05) is 0 Å². The van der Waals surface area contributed by atoms with Crippen LogP contribution in [0.3, 0.4) is 0 Å². The molecule has 2 aliphatic rings. The lowest BCUT2D eigenvalue weighted by Gasteiger charge is -2.26. The topological polar surface area (TPSA) is 71.2 Å². The lowest BCUT2D eigenvalue weighted by atomic mass is 9.96. The third-order valence-corrected chi connectivity index (χ3v) is 6.43. The molecule has 2 aromatic heterocycles. The molecule has 30 heavy (non-hydrogen) atoms. The zero-order chi connectivity index (χ0) is 20.8. The summed E-state index contributed by atoms with van der Waals surface area (Å²) in [5.41, 5.74) is 7.00. The van der Waals surface area contributed by atoms with E-state index in [2.05, 4.69) is 29.1 Å². The van der Waals surface area contributed by atoms with E-state index in [0.29, 0.717) is 6.54 Å². The lowest BCUT2D eigenvalue weighted by Crippen LogP contribution is -2.40. The van der Waals surface area contributed by atoms with E-state index >= 15 is 0 Å². The van der Waals surface area contributed by atoms with Gasteiger partial charge in [0.05, 0.1) is 17.8 Å². The average molecular weight is 402 g/mol. The maximum Gasteiger partial charge on any atom is 0.254 e. The molecule has 2 atom stereocenters. The van der Waals surface area contributed by atoms with Gasteiger partial charge in [0.25, 0.3) is 5.91 Å². The summed E-state index contributed by atoms with van der Waals surface area (Å²) in [6.45, 7) is 2.71. The molecule has 0 saturated heterocycles. The molecule has 6 nitrogen and oxygen atoms in total. The number of hydrogen-bond acceptors (Lipinski definition) is 4. The molecule has 3 aromatic rings. The highest BCUT2D eigenvalue weighted by atomic mass is 16.3. The Morgan fingerprint density at radius 3 is 2.70 bits per heavy atom. The summed E-state index contributed by atoms with van der Waals surface area (Å²) in [5, 5.41) is 14.6. The number of aryl methyl sites for hydroxylation is 2. The van der Waals surface area contributed by atoms with Gasteiger partial charge in [0.15, 0.2) is 0 Å². The zero-order valence-corrected chi connectivity index (χ0v) is 17.4. The van der Waals surface area contributed by atoms with Crippen molar-refractivity contribution in [3.05, 3.63) is 70.5 Å². The fourth-order valence-electron chi connectivity index (χ4n) is 4.75. The molecule has 1 amide bonds. The molecule has 0 spiro atoms. The Labute approximate surface area is 176 Å². The standard InChI is InChI=1S/C24H26N4O2/c1-15-10-18-14-28(22-4-3-5-23(22)29)24(30)19(18)12-17(15)11-16-6-7-20(25-13-16)21-8-9-27(2)26-21/h6-10,12-13,22-23,29H,3-5,11,14H2,1-2H3/t22-,23-/m1/s1. The minimum Gasteiger partial charge on any atom is -0.391 e. The molecule has 1 saturated carbocycles. The van der Waals surface area contributed by atoms with Gasteiger partial charge >= 0.3 is 0 Å². The molecule has 5 rings (SSSR count). The van der Waals surface area contributed by atoms with E-state index in [1.54, 1.807) is 4.68 Å². The first-order chi connectivity index (χ1) is 14.5. The average Bonchev–Trinajstić information content (AvgIpc) is 3.43. The van der Waals surface area contributed by atoms with E-state index < -0.39 is 6.10 Å². The van der Waals surface area contributed by atoms with Crippen molar-refractivity contribution < 1.29 is 9.90 Å². The summed E-state index contributed by atoms with van der Waals surface area (Å²) in [5.74, 6) is 0.0563. The molecule has 1 aliphatic heterocycles. The fraction of sp³-hybridized carbons (Fsp3) is 0.375. The van der Waals surface area contributed by atoms with E-state index in [1.807, 2.05) is 42.5 Å². The van der Waals surface area contributed by atoms with Gasteiger partial charge in [-0.15, -0.1) is 0 Å². The van der Waals surface area contributed by atoms with Gasteiger partial charge in [-0.2, -0.15) is 5.10 Å². The summed E-state index contributed by atoms with van der Waals surface area (Å²) < 4.78 is 1.77. The molecule has 0 radical (unpaired) electrons. The van der Waals surface area contributed by atoms with Gasteiger partial charge in [0, 0.05) is 31.5 Å². The first-order valence-corrected chi connectivity index (χ1v) is 10.6. The number of carbonyl (C=O) groups is 1. The van der Waals surface area contributed by atoms with E-state index in [9.17, 15) is 9.90 Å². The second-order valence-corrected chi connectivity index (χ2v) is 8.54. The number of nitrogens with zero attached hydrogens (tertiary/aromatic N) is 4. The first kappa shape index (κ1) is 19.0. The van der Waals surface area contributed by atoms with Crippen LogP contribution in [0.1, 0.15) is 51.9 Å². The number of carbonyl (C=O) groups excluding carboxylic acids is 1. The van der Waals surface area contributed by atoms with Crippen molar-refractivity contribution in [2.24, 2.45) is 7.05 Å². The molecule has 0 unspecified atom stereocenters. The Morgan fingerprint density at radius 1 is 1.17 bits per heavy atom. The molecule has 154 valence electrons. The van der Waals surface area contributed by atoms with E-state index in [1.165, 1.54) is 5.56 Å². The number of aliphatic hydroxyl groups is 1. The van der Waals surface area contributed by atoms with E-state index in [-0.39, 0.29) is 11.9 Å². The number of benzene rings is 1.